The van der Waals surface area contributed by atoms with Gasteiger partial charge >= 0.3 is 7.60 Å². The monoisotopic (exact) mass is 230 g/mol. The lowest BCUT2D eigenvalue weighted by molar-refractivity contribution is 0.386. The molecular weight excluding hydrogens is 211 g/mol. The molecule has 15 heavy (non-hydrogen) atoms. The standard InChI is InChI=1S/C11H19O3P/c1-10(2)6-4-7-11(3)8-5-9-15(12,13)14/h5-6,8-9H,4,7H2,1-3H3,(H2,12,13,14). The molecule has 2 N–H and O–H groups in total. The second kappa shape index (κ2) is 6.78. The van der Waals surface area contributed by atoms with Crippen molar-refractivity contribution in [3.8, 4) is 0 Å². The van der Waals surface area contributed by atoms with E-state index in [9.17, 15) is 4.57 Å². The topological polar surface area (TPSA) is 57.5 Å². The molecule has 0 amide bonds. The molecule has 0 atom stereocenters. The van der Waals surface area contributed by atoms with Crippen LogP contribution in [0.25, 0.3) is 0 Å². The van der Waals surface area contributed by atoms with Crippen LogP contribution in [-0.2, 0) is 4.57 Å². The zero-order valence-electron chi connectivity index (χ0n) is 9.47. The normalized spacial score (nSPS) is 13.3. The summed E-state index contributed by atoms with van der Waals surface area (Å²) in [7, 11) is -4.00. The zero-order valence-corrected chi connectivity index (χ0v) is 10.4. The van der Waals surface area contributed by atoms with E-state index in [0.717, 1.165) is 24.2 Å². The molecule has 0 fully saturated rings. The fourth-order valence-electron chi connectivity index (χ4n) is 0.991. The van der Waals surface area contributed by atoms with Gasteiger partial charge in [-0.3, -0.25) is 4.57 Å². The maximum atomic E-state index is 10.5. The van der Waals surface area contributed by atoms with Crippen LogP contribution in [0.2, 0.25) is 0 Å². The lowest BCUT2D eigenvalue weighted by atomic mass is 10.1. The van der Waals surface area contributed by atoms with Crippen molar-refractivity contribution in [1.82, 2.24) is 0 Å². The van der Waals surface area contributed by atoms with Crippen LogP contribution in [0.3, 0.4) is 0 Å². The first-order valence-electron chi connectivity index (χ1n) is 4.85. The van der Waals surface area contributed by atoms with Crippen LogP contribution in [0.1, 0.15) is 33.6 Å². The van der Waals surface area contributed by atoms with E-state index in [2.05, 4.69) is 6.08 Å². The minimum absolute atomic E-state index is 0.913. The molecule has 0 spiro atoms. The van der Waals surface area contributed by atoms with E-state index in [1.165, 1.54) is 11.6 Å². The van der Waals surface area contributed by atoms with Gasteiger partial charge in [-0.25, -0.2) is 0 Å². The van der Waals surface area contributed by atoms with E-state index in [1.807, 2.05) is 20.8 Å². The van der Waals surface area contributed by atoms with Crippen molar-refractivity contribution in [3.05, 3.63) is 35.2 Å². The molecule has 4 heteroatoms. The molecule has 0 aromatic heterocycles. The molecule has 86 valence electrons. The van der Waals surface area contributed by atoms with Gasteiger partial charge in [0.05, 0.1) is 0 Å². The van der Waals surface area contributed by atoms with Gasteiger partial charge in [-0.2, -0.15) is 0 Å². The Morgan fingerprint density at radius 2 is 1.87 bits per heavy atom. The van der Waals surface area contributed by atoms with Crippen molar-refractivity contribution in [2.45, 2.75) is 33.6 Å². The van der Waals surface area contributed by atoms with Gasteiger partial charge in [0, 0.05) is 5.82 Å². The Hall–Kier alpha value is -0.630. The Morgan fingerprint density at radius 1 is 1.27 bits per heavy atom. The Morgan fingerprint density at radius 3 is 2.33 bits per heavy atom. The number of hydrogen-bond donors (Lipinski definition) is 2. The maximum absolute atomic E-state index is 10.5. The van der Waals surface area contributed by atoms with Crippen LogP contribution in [0.15, 0.2) is 35.2 Å². The van der Waals surface area contributed by atoms with Gasteiger partial charge in [0.25, 0.3) is 0 Å². The summed E-state index contributed by atoms with van der Waals surface area (Å²) >= 11 is 0. The molecule has 0 aromatic carbocycles. The molecule has 0 bridgehead atoms. The van der Waals surface area contributed by atoms with E-state index in [0.29, 0.717) is 0 Å². The first-order valence-corrected chi connectivity index (χ1v) is 6.53. The summed E-state index contributed by atoms with van der Waals surface area (Å²) in [6.07, 6.45) is 7.17. The molecule has 3 nitrogen and oxygen atoms in total. The second-order valence-electron chi connectivity index (χ2n) is 3.76. The molecule has 0 heterocycles. The van der Waals surface area contributed by atoms with Crippen LogP contribution >= 0.6 is 7.60 Å². The molecule has 0 aliphatic heterocycles. The van der Waals surface area contributed by atoms with Gasteiger partial charge in [0.15, 0.2) is 0 Å². The predicted molar refractivity (Wildman–Crippen MR) is 63.6 cm³/mol. The van der Waals surface area contributed by atoms with Crippen molar-refractivity contribution >= 4 is 7.60 Å². The highest BCUT2D eigenvalue weighted by Crippen LogP contribution is 2.35. The Bertz CT molecular complexity index is 317. The Balaban J connectivity index is 4.06. The highest BCUT2D eigenvalue weighted by Gasteiger charge is 2.03. The van der Waals surface area contributed by atoms with Crippen molar-refractivity contribution in [3.63, 3.8) is 0 Å². The van der Waals surface area contributed by atoms with Crippen LogP contribution in [0.4, 0.5) is 0 Å². The number of hydrogen-bond acceptors (Lipinski definition) is 1. The molecule has 0 aliphatic carbocycles. The molecule has 0 unspecified atom stereocenters. The highest BCUT2D eigenvalue weighted by molar-refractivity contribution is 7.55. The summed E-state index contributed by atoms with van der Waals surface area (Å²) in [6.45, 7) is 6.04. The van der Waals surface area contributed by atoms with Crippen molar-refractivity contribution in [2.75, 3.05) is 0 Å². The third-order valence-corrected chi connectivity index (χ3v) is 2.31. The predicted octanol–water partition coefficient (Wildman–Crippen LogP) is 3.37. The number of allylic oxidation sites excluding steroid dienone is 5. The Labute approximate surface area is 91.4 Å². The van der Waals surface area contributed by atoms with Crippen LogP contribution < -0.4 is 0 Å². The van der Waals surface area contributed by atoms with E-state index < -0.39 is 7.60 Å². The van der Waals surface area contributed by atoms with Crippen LogP contribution in [0.5, 0.6) is 0 Å². The average Bonchev–Trinajstić information content (AvgIpc) is 2.00. The highest BCUT2D eigenvalue weighted by atomic mass is 31.2. The summed E-state index contributed by atoms with van der Waals surface area (Å²) in [4.78, 5) is 17.1. The second-order valence-corrected chi connectivity index (χ2v) is 5.24. The van der Waals surface area contributed by atoms with Crippen molar-refractivity contribution < 1.29 is 14.4 Å². The first-order chi connectivity index (χ1) is 6.81. The van der Waals surface area contributed by atoms with Crippen molar-refractivity contribution in [2.24, 2.45) is 0 Å². The maximum Gasteiger partial charge on any atom is 0.349 e. The molecule has 0 saturated heterocycles. The third-order valence-electron chi connectivity index (χ3n) is 1.75. The fraction of sp³-hybridized carbons (Fsp3) is 0.455. The summed E-state index contributed by atoms with van der Waals surface area (Å²) in [5, 5.41) is 0. The van der Waals surface area contributed by atoms with Gasteiger partial charge in [-0.1, -0.05) is 29.4 Å². The minimum Gasteiger partial charge on any atom is -0.321 e. The lowest BCUT2D eigenvalue weighted by Crippen LogP contribution is -1.76. The summed E-state index contributed by atoms with van der Waals surface area (Å²) in [6, 6.07) is 0. The smallest absolute Gasteiger partial charge is 0.321 e. The average molecular weight is 230 g/mol. The Kier molecular flexibility index (Phi) is 6.50. The largest absolute Gasteiger partial charge is 0.349 e. The molecule has 0 aromatic rings. The van der Waals surface area contributed by atoms with Gasteiger partial charge in [0.1, 0.15) is 0 Å². The van der Waals surface area contributed by atoms with Crippen molar-refractivity contribution in [1.29, 1.82) is 0 Å². The van der Waals surface area contributed by atoms with Gasteiger partial charge in [0.2, 0.25) is 0 Å². The molecule has 0 radical (unpaired) electrons. The van der Waals surface area contributed by atoms with Gasteiger partial charge in [-0.05, 0) is 33.6 Å². The zero-order chi connectivity index (χ0) is 11.9. The van der Waals surface area contributed by atoms with E-state index in [4.69, 9.17) is 9.79 Å². The van der Waals surface area contributed by atoms with Gasteiger partial charge < -0.3 is 9.79 Å². The van der Waals surface area contributed by atoms with E-state index in [-0.39, 0.29) is 0 Å². The van der Waals surface area contributed by atoms with Gasteiger partial charge in [-0.15, -0.1) is 0 Å². The summed E-state index contributed by atoms with van der Waals surface area (Å²) in [5.41, 5.74) is 2.39. The lowest BCUT2D eigenvalue weighted by Gasteiger charge is -1.97. The summed E-state index contributed by atoms with van der Waals surface area (Å²) in [5.74, 6) is 0.914. The molecule has 0 aliphatic rings. The van der Waals surface area contributed by atoms with E-state index in [1.54, 1.807) is 6.08 Å². The minimum atomic E-state index is -4.00. The summed E-state index contributed by atoms with van der Waals surface area (Å²) < 4.78 is 10.5. The fourth-order valence-corrected chi connectivity index (χ4v) is 1.30. The third kappa shape index (κ3) is 11.3. The van der Waals surface area contributed by atoms with Crippen LogP contribution in [-0.4, -0.2) is 9.79 Å². The van der Waals surface area contributed by atoms with Crippen LogP contribution in [0, 0.1) is 0 Å². The quantitative estimate of drug-likeness (QED) is 0.432. The van der Waals surface area contributed by atoms with E-state index >= 15 is 0 Å². The molecule has 0 rings (SSSR count). The SMILES string of the molecule is CC(C)=CCCC(C)=CC=CP(=O)(O)O. The molecule has 0 saturated carbocycles. The number of rotatable bonds is 5. The first kappa shape index (κ1) is 14.4. The molecular formula is C11H19O3P.